The van der Waals surface area contributed by atoms with Gasteiger partial charge in [0.15, 0.2) is 0 Å². The predicted octanol–water partition coefficient (Wildman–Crippen LogP) is 1.70. The molecule has 0 aromatic rings. The molecule has 1 spiro atoms. The van der Waals surface area contributed by atoms with Crippen LogP contribution >= 0.6 is 0 Å². The van der Waals surface area contributed by atoms with E-state index in [1.54, 1.807) is 0 Å². The van der Waals surface area contributed by atoms with Gasteiger partial charge in [0.1, 0.15) is 0 Å². The molecular formula is C15H24N2O2. The third-order valence-corrected chi connectivity index (χ3v) is 5.46. The maximum absolute atomic E-state index is 12.7. The van der Waals surface area contributed by atoms with Gasteiger partial charge in [-0.3, -0.25) is 9.59 Å². The molecule has 2 aliphatic heterocycles. The maximum Gasteiger partial charge on any atom is 0.228 e. The standard InChI is InChI=1S/C15H24N2O2/c1-14(5-2-3-6-14)13(19)17-10-8-15(11-17)7-4-9-16-12(15)18/h2-11H2,1H3,(H,16,18)/t15-/m0/s1. The van der Waals surface area contributed by atoms with E-state index in [1.807, 2.05) is 4.90 Å². The van der Waals surface area contributed by atoms with Crippen LogP contribution in [0.3, 0.4) is 0 Å². The molecule has 3 rings (SSSR count). The van der Waals surface area contributed by atoms with Crippen molar-refractivity contribution in [1.29, 1.82) is 0 Å². The first-order valence-electron chi connectivity index (χ1n) is 7.64. The molecule has 4 nitrogen and oxygen atoms in total. The van der Waals surface area contributed by atoms with Gasteiger partial charge in [-0.2, -0.15) is 0 Å². The number of carbonyl (C=O) groups excluding carboxylic acids is 2. The molecule has 1 N–H and O–H groups in total. The predicted molar refractivity (Wildman–Crippen MR) is 72.4 cm³/mol. The topological polar surface area (TPSA) is 49.4 Å². The van der Waals surface area contributed by atoms with Crippen LogP contribution in [0.1, 0.15) is 51.9 Å². The molecule has 2 amide bonds. The number of carbonyl (C=O) groups is 2. The van der Waals surface area contributed by atoms with Crippen molar-refractivity contribution in [3.05, 3.63) is 0 Å². The average molecular weight is 264 g/mol. The number of hydrogen-bond acceptors (Lipinski definition) is 2. The Labute approximate surface area is 114 Å². The summed E-state index contributed by atoms with van der Waals surface area (Å²) in [5, 5.41) is 2.98. The minimum absolute atomic E-state index is 0.156. The van der Waals surface area contributed by atoms with Gasteiger partial charge in [0.2, 0.25) is 11.8 Å². The number of hydrogen-bond donors (Lipinski definition) is 1. The van der Waals surface area contributed by atoms with E-state index in [1.165, 1.54) is 12.8 Å². The van der Waals surface area contributed by atoms with Crippen LogP contribution < -0.4 is 5.32 Å². The molecule has 0 aromatic heterocycles. The summed E-state index contributed by atoms with van der Waals surface area (Å²) in [6.07, 6.45) is 7.21. The lowest BCUT2D eigenvalue weighted by Gasteiger charge is -2.34. The molecular weight excluding hydrogens is 240 g/mol. The van der Waals surface area contributed by atoms with Crippen molar-refractivity contribution >= 4 is 11.8 Å². The zero-order valence-electron chi connectivity index (χ0n) is 11.8. The smallest absolute Gasteiger partial charge is 0.228 e. The first-order chi connectivity index (χ1) is 9.06. The first-order valence-corrected chi connectivity index (χ1v) is 7.64. The third-order valence-electron chi connectivity index (χ3n) is 5.46. The Morgan fingerprint density at radius 3 is 2.58 bits per heavy atom. The van der Waals surface area contributed by atoms with Crippen molar-refractivity contribution in [2.45, 2.75) is 51.9 Å². The molecule has 0 radical (unpaired) electrons. The first kappa shape index (κ1) is 12.9. The second-order valence-corrected chi connectivity index (χ2v) is 6.88. The van der Waals surface area contributed by atoms with Gasteiger partial charge in [0.25, 0.3) is 0 Å². The minimum atomic E-state index is -0.275. The highest BCUT2D eigenvalue weighted by molar-refractivity contribution is 5.87. The lowest BCUT2D eigenvalue weighted by atomic mass is 9.79. The Hall–Kier alpha value is -1.06. The van der Waals surface area contributed by atoms with Crippen molar-refractivity contribution in [3.63, 3.8) is 0 Å². The molecule has 106 valence electrons. The summed E-state index contributed by atoms with van der Waals surface area (Å²) in [6, 6.07) is 0. The van der Waals surface area contributed by atoms with Gasteiger partial charge in [-0.15, -0.1) is 0 Å². The van der Waals surface area contributed by atoms with E-state index in [-0.39, 0.29) is 16.7 Å². The fourth-order valence-corrected chi connectivity index (χ4v) is 4.12. The van der Waals surface area contributed by atoms with Crippen LogP contribution in [0.25, 0.3) is 0 Å². The van der Waals surface area contributed by atoms with Crippen LogP contribution in [0.5, 0.6) is 0 Å². The molecule has 3 aliphatic rings. The number of nitrogens with zero attached hydrogens (tertiary/aromatic N) is 1. The summed E-state index contributed by atoms with van der Waals surface area (Å²) in [6.45, 7) is 4.32. The Morgan fingerprint density at radius 2 is 1.89 bits per heavy atom. The number of likely N-dealkylation sites (tertiary alicyclic amines) is 1. The van der Waals surface area contributed by atoms with Crippen molar-refractivity contribution in [1.82, 2.24) is 10.2 Å². The highest BCUT2D eigenvalue weighted by Gasteiger charge is 2.49. The molecule has 0 unspecified atom stereocenters. The van der Waals surface area contributed by atoms with Crippen LogP contribution in [-0.4, -0.2) is 36.3 Å². The van der Waals surface area contributed by atoms with Crippen LogP contribution in [0, 0.1) is 10.8 Å². The summed E-state index contributed by atoms with van der Waals surface area (Å²) in [5.74, 6) is 0.464. The zero-order chi connectivity index (χ0) is 13.5. The normalized spacial score (nSPS) is 33.7. The van der Waals surface area contributed by atoms with Gasteiger partial charge < -0.3 is 10.2 Å². The second kappa shape index (κ2) is 4.50. The van der Waals surface area contributed by atoms with E-state index in [0.29, 0.717) is 12.5 Å². The Balaban J connectivity index is 1.71. The second-order valence-electron chi connectivity index (χ2n) is 6.88. The fourth-order valence-electron chi connectivity index (χ4n) is 4.12. The van der Waals surface area contributed by atoms with E-state index in [9.17, 15) is 9.59 Å². The summed E-state index contributed by atoms with van der Waals surface area (Å²) >= 11 is 0. The van der Waals surface area contributed by atoms with E-state index < -0.39 is 0 Å². The number of rotatable bonds is 1. The molecule has 3 fully saturated rings. The summed E-state index contributed by atoms with van der Waals surface area (Å²) in [7, 11) is 0. The monoisotopic (exact) mass is 264 g/mol. The number of nitrogens with one attached hydrogen (secondary N) is 1. The molecule has 19 heavy (non-hydrogen) atoms. The minimum Gasteiger partial charge on any atom is -0.356 e. The van der Waals surface area contributed by atoms with Crippen molar-refractivity contribution in [2.24, 2.45) is 10.8 Å². The molecule has 2 saturated heterocycles. The fraction of sp³-hybridized carbons (Fsp3) is 0.867. The van der Waals surface area contributed by atoms with E-state index in [2.05, 4.69) is 12.2 Å². The van der Waals surface area contributed by atoms with Crippen LogP contribution in [0.15, 0.2) is 0 Å². The number of piperidine rings is 1. The van der Waals surface area contributed by atoms with Crippen molar-refractivity contribution < 1.29 is 9.59 Å². The summed E-state index contributed by atoms with van der Waals surface area (Å²) in [4.78, 5) is 26.8. The molecule has 1 saturated carbocycles. The lowest BCUT2D eigenvalue weighted by Crippen LogP contribution is -2.49. The SMILES string of the molecule is CC1(C(=O)N2CC[C@@]3(CCCNC3=O)C2)CCCC1. The zero-order valence-corrected chi connectivity index (χ0v) is 11.8. The van der Waals surface area contributed by atoms with Gasteiger partial charge in [-0.1, -0.05) is 19.8 Å². The van der Waals surface area contributed by atoms with Gasteiger partial charge in [-0.05, 0) is 32.1 Å². The molecule has 0 bridgehead atoms. The highest BCUT2D eigenvalue weighted by Crippen LogP contribution is 2.43. The molecule has 2 heterocycles. The molecule has 1 atom stereocenters. The molecule has 4 heteroatoms. The lowest BCUT2D eigenvalue weighted by molar-refractivity contribution is -0.141. The van der Waals surface area contributed by atoms with Crippen molar-refractivity contribution in [3.8, 4) is 0 Å². The van der Waals surface area contributed by atoms with Crippen LogP contribution in [0.4, 0.5) is 0 Å². The molecule has 1 aliphatic carbocycles. The Morgan fingerprint density at radius 1 is 1.16 bits per heavy atom. The van der Waals surface area contributed by atoms with E-state index >= 15 is 0 Å². The van der Waals surface area contributed by atoms with Gasteiger partial charge >= 0.3 is 0 Å². The third kappa shape index (κ3) is 2.05. The van der Waals surface area contributed by atoms with Gasteiger partial charge in [0.05, 0.1) is 5.41 Å². The molecule has 0 aromatic carbocycles. The Kier molecular flexibility index (Phi) is 3.06. The number of amides is 2. The van der Waals surface area contributed by atoms with Crippen molar-refractivity contribution in [2.75, 3.05) is 19.6 Å². The Bertz CT molecular complexity index is 401. The highest BCUT2D eigenvalue weighted by atomic mass is 16.2. The quantitative estimate of drug-likeness (QED) is 0.783. The summed E-state index contributed by atoms with van der Waals surface area (Å²) in [5.41, 5.74) is -0.431. The summed E-state index contributed by atoms with van der Waals surface area (Å²) < 4.78 is 0. The van der Waals surface area contributed by atoms with Gasteiger partial charge in [-0.25, -0.2) is 0 Å². The van der Waals surface area contributed by atoms with Gasteiger partial charge in [0, 0.05) is 25.0 Å². The van der Waals surface area contributed by atoms with Crippen LogP contribution in [0.2, 0.25) is 0 Å². The van der Waals surface area contributed by atoms with E-state index in [4.69, 9.17) is 0 Å². The largest absolute Gasteiger partial charge is 0.356 e. The average Bonchev–Trinajstić information content (AvgIpc) is 3.01. The maximum atomic E-state index is 12.7. The van der Waals surface area contributed by atoms with Crippen LogP contribution in [-0.2, 0) is 9.59 Å². The van der Waals surface area contributed by atoms with E-state index in [0.717, 1.165) is 45.2 Å².